The molecule has 0 radical (unpaired) electrons. The van der Waals surface area contributed by atoms with Gasteiger partial charge >= 0.3 is 0 Å². The molecular weight excluding hydrogens is 508 g/mol. The molecule has 2 aliphatic heterocycles. The van der Waals surface area contributed by atoms with E-state index in [0.717, 1.165) is 41.0 Å². The molecular formula is C31H32N4O5. The highest BCUT2D eigenvalue weighted by Gasteiger charge is 2.25. The van der Waals surface area contributed by atoms with Gasteiger partial charge in [-0.05, 0) is 54.6 Å². The monoisotopic (exact) mass is 540 g/mol. The summed E-state index contributed by atoms with van der Waals surface area (Å²) in [6.07, 6.45) is 2.04. The van der Waals surface area contributed by atoms with Crippen molar-refractivity contribution in [2.45, 2.75) is 38.5 Å². The topological polar surface area (TPSA) is 90.2 Å². The van der Waals surface area contributed by atoms with Gasteiger partial charge in [-0.3, -0.25) is 9.69 Å². The number of likely N-dealkylation sites (tertiary alicyclic amines) is 1. The lowest BCUT2D eigenvalue weighted by molar-refractivity contribution is -0.132. The molecule has 6 rings (SSSR count). The Labute approximate surface area is 233 Å². The van der Waals surface area contributed by atoms with Crippen molar-refractivity contribution in [2.75, 3.05) is 26.9 Å². The molecule has 40 heavy (non-hydrogen) atoms. The number of aromatic nitrogens is 2. The summed E-state index contributed by atoms with van der Waals surface area (Å²) in [4.78, 5) is 16.9. The van der Waals surface area contributed by atoms with E-state index >= 15 is 0 Å². The molecule has 3 heterocycles. The van der Waals surface area contributed by atoms with Crippen LogP contribution in [-0.4, -0.2) is 58.9 Å². The van der Waals surface area contributed by atoms with E-state index in [1.54, 1.807) is 0 Å². The lowest BCUT2D eigenvalue weighted by Gasteiger charge is -2.32. The quantitative estimate of drug-likeness (QED) is 0.302. The Morgan fingerprint density at radius 3 is 2.60 bits per heavy atom. The summed E-state index contributed by atoms with van der Waals surface area (Å²) in [5, 5.41) is 8.38. The van der Waals surface area contributed by atoms with Gasteiger partial charge in [0.25, 0.3) is 0 Å². The molecule has 0 saturated carbocycles. The number of nitrogens with zero attached hydrogens (tertiary/aromatic N) is 4. The molecule has 0 bridgehead atoms. The number of fused-ring (bicyclic) bond motifs is 1. The van der Waals surface area contributed by atoms with Gasteiger partial charge in [-0.15, -0.1) is 10.2 Å². The van der Waals surface area contributed by atoms with E-state index in [-0.39, 0.29) is 18.8 Å². The molecule has 4 aromatic rings. The van der Waals surface area contributed by atoms with Crippen LogP contribution in [0.1, 0.15) is 29.9 Å². The molecule has 1 aromatic heterocycles. The zero-order chi connectivity index (χ0) is 27.3. The fourth-order valence-electron chi connectivity index (χ4n) is 5.08. The van der Waals surface area contributed by atoms with E-state index in [4.69, 9.17) is 18.6 Å². The molecule has 0 N–H and O–H groups in total. The Balaban J connectivity index is 0.971. The van der Waals surface area contributed by atoms with Crippen LogP contribution in [0.5, 0.6) is 17.2 Å². The molecule has 1 fully saturated rings. The van der Waals surface area contributed by atoms with Gasteiger partial charge in [-0.1, -0.05) is 36.4 Å². The Morgan fingerprint density at radius 1 is 0.925 bits per heavy atom. The van der Waals surface area contributed by atoms with Gasteiger partial charge in [0.1, 0.15) is 11.9 Å². The normalized spacial score (nSPS) is 15.0. The Morgan fingerprint density at radius 2 is 1.75 bits per heavy atom. The fraction of sp³-hybridized carbons (Fsp3) is 0.323. The maximum atomic E-state index is 12.9. The maximum absolute atomic E-state index is 12.9. The number of rotatable bonds is 9. The number of ether oxygens (including phenoxy) is 3. The maximum Gasteiger partial charge on any atom is 0.247 e. The van der Waals surface area contributed by atoms with Gasteiger partial charge in [0.15, 0.2) is 11.5 Å². The zero-order valence-electron chi connectivity index (χ0n) is 22.5. The molecule has 9 nitrogen and oxygen atoms in total. The number of hydrogen-bond acceptors (Lipinski definition) is 8. The third-order valence-electron chi connectivity index (χ3n) is 7.13. The molecule has 206 valence electrons. The van der Waals surface area contributed by atoms with E-state index in [0.29, 0.717) is 50.1 Å². The molecule has 9 heteroatoms. The van der Waals surface area contributed by atoms with Crippen LogP contribution in [0.15, 0.2) is 77.2 Å². The largest absolute Gasteiger partial charge is 0.490 e. The third-order valence-corrected chi connectivity index (χ3v) is 7.13. The summed E-state index contributed by atoms with van der Waals surface area (Å²) in [6.45, 7) is 2.87. The van der Waals surface area contributed by atoms with Crippen molar-refractivity contribution in [3.05, 3.63) is 89.8 Å². The van der Waals surface area contributed by atoms with Crippen LogP contribution in [-0.2, 0) is 24.3 Å². The average molecular weight is 541 g/mol. The molecule has 0 unspecified atom stereocenters. The third kappa shape index (κ3) is 6.26. The number of benzene rings is 3. The van der Waals surface area contributed by atoms with E-state index in [9.17, 15) is 4.79 Å². The van der Waals surface area contributed by atoms with Crippen molar-refractivity contribution in [1.29, 1.82) is 0 Å². The summed E-state index contributed by atoms with van der Waals surface area (Å²) in [5.74, 6) is 3.51. The van der Waals surface area contributed by atoms with Crippen LogP contribution >= 0.6 is 0 Å². The average Bonchev–Trinajstić information content (AvgIpc) is 3.63. The highest BCUT2D eigenvalue weighted by atomic mass is 16.7. The SMILES string of the molecule is CN(Cc1cccc(OC2CCN(C(=O)Cc3ccc4c(c3)OCO4)CC2)c1)Cc1nnc(-c2ccccc2)o1. The zero-order valence-corrected chi connectivity index (χ0v) is 22.5. The lowest BCUT2D eigenvalue weighted by atomic mass is 10.1. The highest BCUT2D eigenvalue weighted by Crippen LogP contribution is 2.33. The van der Waals surface area contributed by atoms with Crippen LogP contribution in [0, 0.1) is 0 Å². The Bertz CT molecular complexity index is 1450. The van der Waals surface area contributed by atoms with Crippen LogP contribution < -0.4 is 14.2 Å². The predicted molar refractivity (Wildman–Crippen MR) is 148 cm³/mol. The van der Waals surface area contributed by atoms with Crippen LogP contribution in [0.2, 0.25) is 0 Å². The van der Waals surface area contributed by atoms with Gasteiger partial charge in [-0.25, -0.2) is 0 Å². The van der Waals surface area contributed by atoms with E-state index in [1.807, 2.05) is 72.6 Å². The summed E-state index contributed by atoms with van der Waals surface area (Å²) in [7, 11) is 2.02. The first-order valence-electron chi connectivity index (χ1n) is 13.6. The predicted octanol–water partition coefficient (Wildman–Crippen LogP) is 4.71. The molecule has 1 amide bonds. The minimum atomic E-state index is 0.0809. The van der Waals surface area contributed by atoms with E-state index in [1.165, 1.54) is 0 Å². The number of piperidine rings is 1. The van der Waals surface area contributed by atoms with E-state index in [2.05, 4.69) is 27.2 Å². The standard InChI is InChI=1S/C31H32N4O5/c1-34(20-29-32-33-31(40-29)24-7-3-2-4-8-24)19-23-6-5-9-26(16-23)39-25-12-14-35(15-13-25)30(36)18-22-10-11-27-28(17-22)38-21-37-27/h2-11,16-17,25H,12-15,18-21H2,1H3. The first-order valence-corrected chi connectivity index (χ1v) is 13.6. The number of amides is 1. The molecule has 1 saturated heterocycles. The second-order valence-electron chi connectivity index (χ2n) is 10.2. The first-order chi connectivity index (χ1) is 19.6. The summed E-state index contributed by atoms with van der Waals surface area (Å²) < 4.78 is 23.0. The number of carbonyl (C=O) groups is 1. The van der Waals surface area contributed by atoms with Gasteiger partial charge in [0.05, 0.1) is 13.0 Å². The second-order valence-corrected chi connectivity index (χ2v) is 10.2. The second kappa shape index (κ2) is 11.8. The summed E-state index contributed by atoms with van der Waals surface area (Å²) >= 11 is 0. The van der Waals surface area contributed by atoms with Crippen molar-refractivity contribution in [2.24, 2.45) is 0 Å². The molecule has 2 aliphatic rings. The summed E-state index contributed by atoms with van der Waals surface area (Å²) in [5.41, 5.74) is 2.98. The Kier molecular flexibility index (Phi) is 7.63. The molecule has 3 aromatic carbocycles. The first kappa shape index (κ1) is 25.9. The highest BCUT2D eigenvalue weighted by molar-refractivity contribution is 5.79. The van der Waals surface area contributed by atoms with Gasteiger partial charge in [-0.2, -0.15) is 0 Å². The van der Waals surface area contributed by atoms with Crippen molar-refractivity contribution in [1.82, 2.24) is 20.0 Å². The molecule has 0 spiro atoms. The van der Waals surface area contributed by atoms with Crippen molar-refractivity contribution < 1.29 is 23.4 Å². The van der Waals surface area contributed by atoms with Crippen LogP contribution in [0.3, 0.4) is 0 Å². The number of carbonyl (C=O) groups excluding carboxylic acids is 1. The van der Waals surface area contributed by atoms with Gasteiger partial charge < -0.3 is 23.5 Å². The van der Waals surface area contributed by atoms with Crippen LogP contribution in [0.25, 0.3) is 11.5 Å². The van der Waals surface area contributed by atoms with E-state index < -0.39 is 0 Å². The van der Waals surface area contributed by atoms with Crippen molar-refractivity contribution >= 4 is 5.91 Å². The smallest absolute Gasteiger partial charge is 0.247 e. The van der Waals surface area contributed by atoms with Gasteiger partial charge in [0, 0.05) is 38.0 Å². The van der Waals surface area contributed by atoms with Crippen molar-refractivity contribution in [3.8, 4) is 28.7 Å². The van der Waals surface area contributed by atoms with Crippen LogP contribution in [0.4, 0.5) is 0 Å². The van der Waals surface area contributed by atoms with Gasteiger partial charge in [0.2, 0.25) is 24.5 Å². The minimum absolute atomic E-state index is 0.0809. The minimum Gasteiger partial charge on any atom is -0.490 e. The lowest BCUT2D eigenvalue weighted by Crippen LogP contribution is -2.42. The Hall–Kier alpha value is -4.37. The van der Waals surface area contributed by atoms with Crippen molar-refractivity contribution in [3.63, 3.8) is 0 Å². The number of hydrogen-bond donors (Lipinski definition) is 0. The fourth-order valence-corrected chi connectivity index (χ4v) is 5.08. The molecule has 0 atom stereocenters. The molecule has 0 aliphatic carbocycles. The summed E-state index contributed by atoms with van der Waals surface area (Å²) in [6, 6.07) is 23.6.